The Morgan fingerprint density at radius 2 is 2.00 bits per heavy atom. The lowest BCUT2D eigenvalue weighted by Crippen LogP contribution is -2.65. The lowest BCUT2D eigenvalue weighted by atomic mass is 9.87. The van der Waals surface area contributed by atoms with Crippen molar-refractivity contribution in [3.8, 4) is 0 Å². The molecule has 2 unspecified atom stereocenters. The van der Waals surface area contributed by atoms with Crippen LogP contribution in [0.4, 0.5) is 10.1 Å². The summed E-state index contributed by atoms with van der Waals surface area (Å²) in [6.07, 6.45) is 2.65. The Morgan fingerprint density at radius 3 is 2.57 bits per heavy atom. The summed E-state index contributed by atoms with van der Waals surface area (Å²) < 4.78 is 13.8. The summed E-state index contributed by atoms with van der Waals surface area (Å²) in [7, 11) is 0. The lowest BCUT2D eigenvalue weighted by Gasteiger charge is -2.49. The van der Waals surface area contributed by atoms with Crippen LogP contribution in [-0.4, -0.2) is 24.7 Å². The zero-order valence-corrected chi connectivity index (χ0v) is 13.6. The fourth-order valence-corrected chi connectivity index (χ4v) is 3.73. The largest absolute Gasteiger partial charge is 0.365 e. The molecular weight excluding hydrogens is 263 g/mol. The maximum Gasteiger partial charge on any atom is 0.125 e. The molecule has 1 saturated carbocycles. The van der Waals surface area contributed by atoms with Gasteiger partial charge in [0.15, 0.2) is 0 Å². The molecule has 2 nitrogen and oxygen atoms in total. The number of piperazine rings is 1. The van der Waals surface area contributed by atoms with E-state index in [-0.39, 0.29) is 11.4 Å². The number of hydrogen-bond donors (Lipinski definition) is 1. The van der Waals surface area contributed by atoms with Crippen molar-refractivity contribution in [1.82, 2.24) is 5.32 Å². The molecule has 3 rings (SSSR count). The van der Waals surface area contributed by atoms with Crippen molar-refractivity contribution in [1.29, 1.82) is 0 Å². The molecule has 0 aromatic heterocycles. The molecule has 2 aliphatic rings. The van der Waals surface area contributed by atoms with Crippen LogP contribution in [0.25, 0.3) is 0 Å². The summed E-state index contributed by atoms with van der Waals surface area (Å²) in [6, 6.07) is 5.85. The average Bonchev–Trinajstić information content (AvgIpc) is 3.21. The Labute approximate surface area is 127 Å². The van der Waals surface area contributed by atoms with Gasteiger partial charge in [0, 0.05) is 30.4 Å². The molecule has 21 heavy (non-hydrogen) atoms. The fraction of sp³-hybridized carbons (Fsp3) is 0.667. The monoisotopic (exact) mass is 290 g/mol. The molecule has 1 aliphatic carbocycles. The van der Waals surface area contributed by atoms with Gasteiger partial charge in [0.2, 0.25) is 0 Å². The molecule has 3 heteroatoms. The van der Waals surface area contributed by atoms with Gasteiger partial charge in [-0.15, -0.1) is 0 Å². The van der Waals surface area contributed by atoms with E-state index in [0.717, 1.165) is 30.3 Å². The third kappa shape index (κ3) is 2.94. The highest BCUT2D eigenvalue weighted by Crippen LogP contribution is 2.42. The number of aryl methyl sites for hydroxylation is 1. The molecule has 1 aromatic rings. The highest BCUT2D eigenvalue weighted by Gasteiger charge is 2.46. The maximum atomic E-state index is 13.8. The van der Waals surface area contributed by atoms with Crippen LogP contribution >= 0.6 is 0 Å². The van der Waals surface area contributed by atoms with Gasteiger partial charge < -0.3 is 10.2 Å². The molecule has 0 bridgehead atoms. The van der Waals surface area contributed by atoms with Crippen LogP contribution in [0.2, 0.25) is 0 Å². The molecule has 2 atom stereocenters. The zero-order valence-electron chi connectivity index (χ0n) is 13.6. The topological polar surface area (TPSA) is 15.3 Å². The first-order valence-corrected chi connectivity index (χ1v) is 8.18. The van der Waals surface area contributed by atoms with Crippen molar-refractivity contribution in [3.63, 3.8) is 0 Å². The Hall–Kier alpha value is -1.09. The van der Waals surface area contributed by atoms with Crippen molar-refractivity contribution in [2.75, 3.05) is 18.0 Å². The molecule has 1 heterocycles. The summed E-state index contributed by atoms with van der Waals surface area (Å²) in [5.41, 5.74) is 2.21. The summed E-state index contributed by atoms with van der Waals surface area (Å²) in [6.45, 7) is 10.8. The smallest absolute Gasteiger partial charge is 0.125 e. The number of hydrogen-bond acceptors (Lipinski definition) is 2. The molecule has 1 aliphatic heterocycles. The van der Waals surface area contributed by atoms with Crippen molar-refractivity contribution in [3.05, 3.63) is 29.6 Å². The molecule has 0 amide bonds. The first-order chi connectivity index (χ1) is 9.89. The first-order valence-electron chi connectivity index (χ1n) is 8.18. The summed E-state index contributed by atoms with van der Waals surface area (Å²) in [4.78, 5) is 2.44. The van der Waals surface area contributed by atoms with Crippen LogP contribution in [0.1, 0.15) is 39.2 Å². The summed E-state index contributed by atoms with van der Waals surface area (Å²) in [5, 5.41) is 3.78. The number of rotatable bonds is 3. The quantitative estimate of drug-likeness (QED) is 0.912. The van der Waals surface area contributed by atoms with Gasteiger partial charge in [-0.1, -0.05) is 13.8 Å². The minimum atomic E-state index is -0.126. The third-order valence-corrected chi connectivity index (χ3v) is 5.22. The van der Waals surface area contributed by atoms with E-state index in [4.69, 9.17) is 0 Å². The van der Waals surface area contributed by atoms with Crippen LogP contribution in [-0.2, 0) is 0 Å². The minimum absolute atomic E-state index is 0.126. The number of anilines is 1. The van der Waals surface area contributed by atoms with Crippen LogP contribution in [0, 0.1) is 24.6 Å². The first kappa shape index (κ1) is 14.8. The van der Waals surface area contributed by atoms with E-state index in [0.29, 0.717) is 12.0 Å². The molecule has 116 valence electrons. The predicted octanol–water partition coefficient (Wildman–Crippen LogP) is 3.74. The average molecular weight is 290 g/mol. The number of nitrogens with zero attached hydrogens (tertiary/aromatic N) is 1. The molecule has 1 saturated heterocycles. The van der Waals surface area contributed by atoms with Gasteiger partial charge in [-0.2, -0.15) is 0 Å². The molecule has 1 aromatic carbocycles. The SMILES string of the molecule is Cc1cc(F)cc(N2CC(C)(C3CC3)NCC2C(C)C)c1. The summed E-state index contributed by atoms with van der Waals surface area (Å²) >= 11 is 0. The third-order valence-electron chi connectivity index (χ3n) is 5.22. The Morgan fingerprint density at radius 1 is 1.29 bits per heavy atom. The van der Waals surface area contributed by atoms with E-state index in [2.05, 4.69) is 37.1 Å². The zero-order chi connectivity index (χ0) is 15.2. The van der Waals surface area contributed by atoms with Gasteiger partial charge in [0.25, 0.3) is 0 Å². The summed E-state index contributed by atoms with van der Waals surface area (Å²) in [5.74, 6) is 1.20. The van der Waals surface area contributed by atoms with Crippen LogP contribution < -0.4 is 10.2 Å². The van der Waals surface area contributed by atoms with Crippen LogP contribution in [0.3, 0.4) is 0 Å². The van der Waals surface area contributed by atoms with E-state index in [1.54, 1.807) is 12.1 Å². The van der Waals surface area contributed by atoms with Crippen molar-refractivity contribution in [2.45, 2.75) is 52.1 Å². The molecule has 0 radical (unpaired) electrons. The van der Waals surface area contributed by atoms with Gasteiger partial charge >= 0.3 is 0 Å². The van der Waals surface area contributed by atoms with E-state index in [9.17, 15) is 4.39 Å². The highest BCUT2D eigenvalue weighted by molar-refractivity contribution is 5.51. The van der Waals surface area contributed by atoms with E-state index >= 15 is 0 Å². The lowest BCUT2D eigenvalue weighted by molar-refractivity contribution is 0.233. The Bertz CT molecular complexity index is 504. The van der Waals surface area contributed by atoms with Crippen molar-refractivity contribution >= 4 is 5.69 Å². The standard InChI is InChI=1S/C18H27FN2/c1-12(2)17-10-20-18(4,14-5-6-14)11-21(17)16-8-13(3)7-15(19)9-16/h7-9,12,14,17,20H,5-6,10-11H2,1-4H3. The molecule has 2 fully saturated rings. The van der Waals surface area contributed by atoms with Gasteiger partial charge in [-0.25, -0.2) is 4.39 Å². The molecule has 0 spiro atoms. The second kappa shape index (κ2) is 5.28. The Balaban J connectivity index is 1.93. The number of benzene rings is 1. The second-order valence-electron chi connectivity index (χ2n) is 7.50. The predicted molar refractivity (Wildman–Crippen MR) is 86.2 cm³/mol. The maximum absolute atomic E-state index is 13.8. The normalized spacial score (nSPS) is 30.0. The van der Waals surface area contributed by atoms with E-state index in [1.165, 1.54) is 12.8 Å². The highest BCUT2D eigenvalue weighted by atomic mass is 19.1. The Kier molecular flexibility index (Phi) is 3.73. The number of nitrogens with one attached hydrogen (secondary N) is 1. The molecular formula is C18H27FN2. The van der Waals surface area contributed by atoms with Gasteiger partial charge in [0.05, 0.1) is 0 Å². The van der Waals surface area contributed by atoms with Crippen LogP contribution in [0.15, 0.2) is 18.2 Å². The van der Waals surface area contributed by atoms with Crippen molar-refractivity contribution < 1.29 is 4.39 Å². The molecule has 1 N–H and O–H groups in total. The number of halogens is 1. The van der Waals surface area contributed by atoms with Gasteiger partial charge in [0.1, 0.15) is 5.82 Å². The van der Waals surface area contributed by atoms with Gasteiger partial charge in [-0.3, -0.25) is 0 Å². The fourth-order valence-electron chi connectivity index (χ4n) is 3.73. The van der Waals surface area contributed by atoms with E-state index < -0.39 is 0 Å². The van der Waals surface area contributed by atoms with E-state index in [1.807, 2.05) is 6.92 Å². The van der Waals surface area contributed by atoms with Crippen molar-refractivity contribution in [2.24, 2.45) is 11.8 Å². The van der Waals surface area contributed by atoms with Gasteiger partial charge in [-0.05, 0) is 62.3 Å². The second-order valence-corrected chi connectivity index (χ2v) is 7.50. The van der Waals surface area contributed by atoms with Crippen LogP contribution in [0.5, 0.6) is 0 Å². The minimum Gasteiger partial charge on any atom is -0.365 e.